The van der Waals surface area contributed by atoms with E-state index >= 15 is 0 Å². The number of hydrogen-bond donors (Lipinski definition) is 2. The highest BCUT2D eigenvalue weighted by molar-refractivity contribution is 6.42. The van der Waals surface area contributed by atoms with Crippen LogP contribution in [0, 0.1) is 12.8 Å². The minimum absolute atomic E-state index is 0.0715. The van der Waals surface area contributed by atoms with Gasteiger partial charge in [-0.1, -0.05) is 29.3 Å². The number of halogens is 2. The molecule has 2 N–H and O–H groups in total. The molecule has 33 heavy (non-hydrogen) atoms. The number of carbonyl (C=O) groups is 2. The number of rotatable bonds is 6. The van der Waals surface area contributed by atoms with Crippen molar-refractivity contribution in [3.05, 3.63) is 51.4 Å². The fraction of sp³-hybridized carbons (Fsp3) is 0.478. The molecule has 0 unspecified atom stereocenters. The number of aromatic nitrogens is 2. The van der Waals surface area contributed by atoms with Crippen LogP contribution in [0.15, 0.2) is 24.5 Å². The van der Waals surface area contributed by atoms with Crippen molar-refractivity contribution in [1.29, 1.82) is 0 Å². The number of hydrogen-bond acceptors (Lipinski definition) is 6. The fourth-order valence-electron chi connectivity index (χ4n) is 4.44. The largest absolute Gasteiger partial charge is 0.366 e. The Morgan fingerprint density at radius 3 is 2.52 bits per heavy atom. The van der Waals surface area contributed by atoms with Crippen LogP contribution in [0.1, 0.15) is 34.5 Å². The normalized spacial score (nSPS) is 17.5. The van der Waals surface area contributed by atoms with Gasteiger partial charge in [0.25, 0.3) is 5.91 Å². The number of benzene rings is 1. The van der Waals surface area contributed by atoms with Crippen LogP contribution in [0.25, 0.3) is 0 Å². The van der Waals surface area contributed by atoms with Crippen LogP contribution in [-0.2, 0) is 11.3 Å². The predicted molar refractivity (Wildman–Crippen MR) is 129 cm³/mol. The molecule has 176 valence electrons. The van der Waals surface area contributed by atoms with Gasteiger partial charge < -0.3 is 15.5 Å². The number of amides is 2. The number of likely N-dealkylation sites (tertiary alicyclic amines) is 2. The van der Waals surface area contributed by atoms with Gasteiger partial charge in [0.2, 0.25) is 5.91 Å². The van der Waals surface area contributed by atoms with Gasteiger partial charge in [0.05, 0.1) is 16.0 Å². The third-order valence-corrected chi connectivity index (χ3v) is 7.26. The molecular weight excluding hydrogens is 463 g/mol. The maximum atomic E-state index is 13.2. The Balaban J connectivity index is 1.33. The topological polar surface area (TPSA) is 90.5 Å². The summed E-state index contributed by atoms with van der Waals surface area (Å²) >= 11 is 12.1. The molecule has 2 saturated heterocycles. The van der Waals surface area contributed by atoms with Crippen molar-refractivity contribution in [2.75, 3.05) is 38.5 Å². The third kappa shape index (κ3) is 5.23. The second-order valence-electron chi connectivity index (χ2n) is 8.59. The quantitative estimate of drug-likeness (QED) is 0.646. The van der Waals surface area contributed by atoms with E-state index in [4.69, 9.17) is 23.2 Å². The zero-order chi connectivity index (χ0) is 23.5. The van der Waals surface area contributed by atoms with E-state index in [2.05, 4.69) is 25.5 Å². The standard InChI is InChI=1S/C23H28Cl2N6O2/c1-14-20(28-13-29-21(14)27-10-15-3-4-18(24)19(25)9-15)23(33)30-7-5-17(6-8-30)31-11-16(12-31)22(32)26-2/h3-4,9,13,16-17H,5-8,10-12H2,1-2H3,(H,26,32)(H,27,28,29). The van der Waals surface area contributed by atoms with Crippen molar-refractivity contribution in [3.63, 3.8) is 0 Å². The first-order valence-electron chi connectivity index (χ1n) is 11.1. The SMILES string of the molecule is CNC(=O)C1CN(C2CCN(C(=O)c3ncnc(NCc4ccc(Cl)c(Cl)c4)c3C)CC2)C1. The van der Waals surface area contributed by atoms with E-state index in [-0.39, 0.29) is 17.7 Å². The molecule has 0 spiro atoms. The van der Waals surface area contributed by atoms with Crippen LogP contribution in [0.3, 0.4) is 0 Å². The maximum Gasteiger partial charge on any atom is 0.272 e. The monoisotopic (exact) mass is 490 g/mol. The van der Waals surface area contributed by atoms with Crippen LogP contribution in [0.4, 0.5) is 5.82 Å². The Labute approximate surface area is 203 Å². The van der Waals surface area contributed by atoms with Crippen LogP contribution in [-0.4, -0.2) is 70.9 Å². The van der Waals surface area contributed by atoms with E-state index in [0.29, 0.717) is 47.2 Å². The second-order valence-corrected chi connectivity index (χ2v) is 9.40. The highest BCUT2D eigenvalue weighted by atomic mass is 35.5. The first-order chi connectivity index (χ1) is 15.9. The predicted octanol–water partition coefficient (Wildman–Crippen LogP) is 2.99. The summed E-state index contributed by atoms with van der Waals surface area (Å²) in [7, 11) is 1.68. The summed E-state index contributed by atoms with van der Waals surface area (Å²) < 4.78 is 0. The average Bonchev–Trinajstić information content (AvgIpc) is 2.79. The first kappa shape index (κ1) is 23.7. The van der Waals surface area contributed by atoms with Crippen molar-refractivity contribution in [3.8, 4) is 0 Å². The minimum atomic E-state index is -0.0715. The van der Waals surface area contributed by atoms with E-state index in [0.717, 1.165) is 37.1 Å². The van der Waals surface area contributed by atoms with Gasteiger partial charge in [-0.15, -0.1) is 0 Å². The average molecular weight is 491 g/mol. The molecule has 4 rings (SSSR count). The van der Waals surface area contributed by atoms with Crippen molar-refractivity contribution in [2.24, 2.45) is 5.92 Å². The summed E-state index contributed by atoms with van der Waals surface area (Å²) in [6.45, 7) is 5.32. The van der Waals surface area contributed by atoms with Crippen LogP contribution in [0.2, 0.25) is 10.0 Å². The summed E-state index contributed by atoms with van der Waals surface area (Å²) in [5, 5.41) is 6.99. The molecule has 1 aromatic heterocycles. The highest BCUT2D eigenvalue weighted by Crippen LogP contribution is 2.27. The van der Waals surface area contributed by atoms with Gasteiger partial charge in [0.1, 0.15) is 17.8 Å². The molecule has 2 amide bonds. The van der Waals surface area contributed by atoms with Gasteiger partial charge in [0, 0.05) is 51.4 Å². The van der Waals surface area contributed by atoms with Crippen molar-refractivity contribution in [1.82, 2.24) is 25.1 Å². The molecule has 0 saturated carbocycles. The zero-order valence-corrected chi connectivity index (χ0v) is 20.3. The molecule has 2 aliphatic heterocycles. The molecule has 2 fully saturated rings. The first-order valence-corrected chi connectivity index (χ1v) is 11.9. The van der Waals surface area contributed by atoms with Crippen LogP contribution in [0.5, 0.6) is 0 Å². The number of nitrogens with zero attached hydrogens (tertiary/aromatic N) is 4. The molecule has 0 atom stereocenters. The Hall–Kier alpha value is -2.42. The molecule has 2 aliphatic rings. The van der Waals surface area contributed by atoms with E-state index in [1.807, 2.05) is 17.9 Å². The lowest BCUT2D eigenvalue weighted by Gasteiger charge is -2.46. The zero-order valence-electron chi connectivity index (χ0n) is 18.8. The molecule has 0 bridgehead atoms. The molecular formula is C23H28Cl2N6O2. The lowest BCUT2D eigenvalue weighted by atomic mass is 9.92. The third-order valence-electron chi connectivity index (χ3n) is 6.53. The van der Waals surface area contributed by atoms with Gasteiger partial charge >= 0.3 is 0 Å². The summed E-state index contributed by atoms with van der Waals surface area (Å²) in [5.74, 6) is 0.753. The molecule has 3 heterocycles. The van der Waals surface area contributed by atoms with Gasteiger partial charge in [0.15, 0.2) is 0 Å². The molecule has 0 aliphatic carbocycles. The molecule has 0 radical (unpaired) electrons. The van der Waals surface area contributed by atoms with Crippen LogP contribution >= 0.6 is 23.2 Å². The number of carbonyl (C=O) groups excluding carboxylic acids is 2. The van der Waals surface area contributed by atoms with Gasteiger partial charge in [-0.05, 0) is 37.5 Å². The van der Waals surface area contributed by atoms with Crippen molar-refractivity contribution in [2.45, 2.75) is 32.4 Å². The summed E-state index contributed by atoms with van der Waals surface area (Å²) in [5.41, 5.74) is 2.10. The van der Waals surface area contributed by atoms with Crippen LogP contribution < -0.4 is 10.6 Å². The summed E-state index contributed by atoms with van der Waals surface area (Å²) in [6, 6.07) is 5.87. The van der Waals surface area contributed by atoms with E-state index in [9.17, 15) is 9.59 Å². The van der Waals surface area contributed by atoms with Gasteiger partial charge in [-0.25, -0.2) is 9.97 Å². The molecule has 2 aromatic rings. The Kier molecular flexibility index (Phi) is 7.36. The highest BCUT2D eigenvalue weighted by Gasteiger charge is 2.38. The lowest BCUT2D eigenvalue weighted by Crippen LogP contribution is -2.59. The molecule has 1 aromatic carbocycles. The van der Waals surface area contributed by atoms with E-state index < -0.39 is 0 Å². The second kappa shape index (κ2) is 10.2. The van der Waals surface area contributed by atoms with Crippen molar-refractivity contribution < 1.29 is 9.59 Å². The van der Waals surface area contributed by atoms with Gasteiger partial charge in [-0.3, -0.25) is 14.5 Å². The van der Waals surface area contributed by atoms with E-state index in [1.165, 1.54) is 6.33 Å². The molecule has 10 heteroatoms. The number of anilines is 1. The Morgan fingerprint density at radius 2 is 1.85 bits per heavy atom. The Bertz CT molecular complexity index is 1040. The number of piperidine rings is 1. The summed E-state index contributed by atoms with van der Waals surface area (Å²) in [6.07, 6.45) is 3.22. The lowest BCUT2D eigenvalue weighted by molar-refractivity contribution is -0.131. The molecule has 8 nitrogen and oxygen atoms in total. The van der Waals surface area contributed by atoms with Crippen molar-refractivity contribution >= 4 is 40.8 Å². The minimum Gasteiger partial charge on any atom is -0.366 e. The van der Waals surface area contributed by atoms with Gasteiger partial charge in [-0.2, -0.15) is 0 Å². The maximum absolute atomic E-state index is 13.2. The van der Waals surface area contributed by atoms with E-state index in [1.54, 1.807) is 19.2 Å². The Morgan fingerprint density at radius 1 is 1.12 bits per heavy atom. The fourth-order valence-corrected chi connectivity index (χ4v) is 4.76. The summed E-state index contributed by atoms with van der Waals surface area (Å²) in [4.78, 5) is 37.7. The smallest absolute Gasteiger partial charge is 0.272 e. The number of nitrogens with one attached hydrogen (secondary N) is 2.